The summed E-state index contributed by atoms with van der Waals surface area (Å²) in [5.74, 6) is 0.752. The zero-order chi connectivity index (χ0) is 13.8. The van der Waals surface area contributed by atoms with Crippen molar-refractivity contribution >= 4 is 42.6 Å². The van der Waals surface area contributed by atoms with Gasteiger partial charge in [-0.25, -0.2) is 0 Å². The maximum Gasteiger partial charge on any atom is 1.00 e. The summed E-state index contributed by atoms with van der Waals surface area (Å²) in [5, 5.41) is 1.61. The summed E-state index contributed by atoms with van der Waals surface area (Å²) in [6.45, 7) is 0. The molecule has 0 unspecified atom stereocenters. The molecule has 0 saturated carbocycles. The number of hydrogen-bond donors (Lipinski definition) is 0. The molecule has 0 fully saturated rings. The van der Waals surface area contributed by atoms with Crippen molar-refractivity contribution in [3.8, 4) is 5.75 Å². The van der Waals surface area contributed by atoms with Gasteiger partial charge in [-0.1, -0.05) is 41.4 Å². The number of halogens is 2. The number of hydrogen-bond acceptors (Lipinski definition) is 2. The summed E-state index contributed by atoms with van der Waals surface area (Å²) >= 11 is 12.0. The Morgan fingerprint density at radius 1 is 1.05 bits per heavy atom. The molecule has 0 heterocycles. The molecule has 2 aromatic carbocycles. The quantitative estimate of drug-likeness (QED) is 0.629. The predicted molar refractivity (Wildman–Crippen MR) is 80.3 cm³/mol. The Morgan fingerprint density at radius 2 is 1.60 bits per heavy atom. The fraction of sp³-hybridized carbons (Fsp3) is 0.0714. The van der Waals surface area contributed by atoms with Crippen molar-refractivity contribution < 1.29 is 28.4 Å². The van der Waals surface area contributed by atoms with Crippen molar-refractivity contribution in [1.29, 1.82) is 0 Å². The minimum Gasteiger partial charge on any atom is -0.497 e. The van der Waals surface area contributed by atoms with Crippen molar-refractivity contribution in [2.24, 2.45) is 0 Å². The van der Waals surface area contributed by atoms with Crippen molar-refractivity contribution in [1.82, 2.24) is 0 Å². The van der Waals surface area contributed by atoms with E-state index in [0.717, 1.165) is 11.1 Å². The average Bonchev–Trinajstić information content (AvgIpc) is 2.39. The zero-order valence-corrected chi connectivity index (χ0v) is 13.5. The molecular weight excluding hydrogens is 309 g/mol. The van der Waals surface area contributed by atoms with Crippen LogP contribution < -0.4 is 28.9 Å². The number of ether oxygens (including phenoxy) is 1. The predicted octanol–water partition coefficient (Wildman–Crippen LogP) is 1.42. The van der Waals surface area contributed by atoms with Gasteiger partial charge in [-0.3, -0.25) is 0 Å². The van der Waals surface area contributed by atoms with Crippen LogP contribution in [-0.4, -0.2) is 12.6 Å². The van der Waals surface area contributed by atoms with E-state index in [1.54, 1.807) is 25.3 Å². The van der Waals surface area contributed by atoms with Gasteiger partial charge in [-0.2, -0.15) is 5.30 Å². The van der Waals surface area contributed by atoms with E-state index in [0.29, 0.717) is 24.2 Å². The molecule has 20 heavy (non-hydrogen) atoms. The number of carbonyl (C=O) groups excluding carboxylic acids is 1. The second-order valence-electron chi connectivity index (χ2n) is 3.71. The first-order valence-electron chi connectivity index (χ1n) is 5.46. The second-order valence-corrected chi connectivity index (χ2v) is 5.67. The van der Waals surface area contributed by atoms with Crippen LogP contribution in [0.3, 0.4) is 0 Å². The minimum absolute atomic E-state index is 0. The van der Waals surface area contributed by atoms with E-state index >= 15 is 0 Å². The van der Waals surface area contributed by atoms with Crippen LogP contribution in [0.2, 0.25) is 10.0 Å². The van der Waals surface area contributed by atoms with Crippen molar-refractivity contribution in [2.75, 3.05) is 7.11 Å². The Hall–Kier alpha value is -0.483. The van der Waals surface area contributed by atoms with Crippen LogP contribution in [0.15, 0.2) is 42.5 Å². The standard InChI is InChI=1S/C14H10Cl2O2P.Li/c1-18-9-5-7-10(8-6-9)19-14(17)13-11(15)3-2-4-12(13)16;/h2-8H,1H3;/q-1;+1. The van der Waals surface area contributed by atoms with Crippen LogP contribution in [0.5, 0.6) is 5.75 Å². The maximum atomic E-state index is 12.2. The number of rotatable bonds is 4. The van der Waals surface area contributed by atoms with Gasteiger partial charge in [0.25, 0.3) is 0 Å². The van der Waals surface area contributed by atoms with Gasteiger partial charge >= 0.3 is 18.9 Å². The molecule has 0 aliphatic rings. The molecule has 0 aliphatic heterocycles. The largest absolute Gasteiger partial charge is 1.00 e. The molecular formula is C14H10Cl2LiO2P. The molecule has 0 amide bonds. The van der Waals surface area contributed by atoms with E-state index < -0.39 is 0 Å². The van der Waals surface area contributed by atoms with E-state index in [2.05, 4.69) is 0 Å². The van der Waals surface area contributed by atoms with E-state index in [1.807, 2.05) is 24.3 Å². The second kappa shape index (κ2) is 8.08. The smallest absolute Gasteiger partial charge is 0.497 e. The Morgan fingerprint density at radius 3 is 2.10 bits per heavy atom. The first-order valence-corrected chi connectivity index (χ1v) is 7.11. The maximum absolute atomic E-state index is 12.2. The molecule has 2 nitrogen and oxygen atoms in total. The topological polar surface area (TPSA) is 26.3 Å². The monoisotopic (exact) mass is 318 g/mol. The molecule has 0 aliphatic carbocycles. The van der Waals surface area contributed by atoms with Gasteiger partial charge in [-0.05, 0) is 24.3 Å². The summed E-state index contributed by atoms with van der Waals surface area (Å²) in [6, 6.07) is 12.3. The number of carbonyl (C=O) groups is 1. The Bertz CT molecular complexity index is 582. The summed E-state index contributed by atoms with van der Waals surface area (Å²) in [7, 11) is 2.13. The van der Waals surface area contributed by atoms with Crippen molar-refractivity contribution in [3.05, 3.63) is 58.1 Å². The van der Waals surface area contributed by atoms with Crippen LogP contribution in [0.1, 0.15) is 10.4 Å². The molecule has 98 valence electrons. The summed E-state index contributed by atoms with van der Waals surface area (Å²) in [5.41, 5.74) is 0.240. The van der Waals surface area contributed by atoms with Gasteiger partial charge in [0, 0.05) is 11.1 Å². The molecule has 0 radical (unpaired) electrons. The summed E-state index contributed by atoms with van der Waals surface area (Å²) < 4.78 is 5.07. The van der Waals surface area contributed by atoms with Crippen LogP contribution in [-0.2, 0) is 0 Å². The van der Waals surface area contributed by atoms with Crippen molar-refractivity contribution in [3.63, 3.8) is 0 Å². The molecule has 0 N–H and O–H groups in total. The fourth-order valence-electron chi connectivity index (χ4n) is 1.53. The Labute approximate surface area is 141 Å². The zero-order valence-electron chi connectivity index (χ0n) is 11.1. The summed E-state index contributed by atoms with van der Waals surface area (Å²) in [6.07, 6.45) is 0. The van der Waals surface area contributed by atoms with Crippen LogP contribution in [0.4, 0.5) is 0 Å². The minimum atomic E-state index is -0.124. The first kappa shape index (κ1) is 17.6. The van der Waals surface area contributed by atoms with Gasteiger partial charge in [0.1, 0.15) is 5.75 Å². The Kier molecular flexibility index (Phi) is 7.10. The van der Waals surface area contributed by atoms with Crippen molar-refractivity contribution in [2.45, 2.75) is 0 Å². The molecule has 0 bridgehead atoms. The molecule has 0 aromatic heterocycles. The van der Waals surface area contributed by atoms with Gasteiger partial charge in [0.15, 0.2) is 0 Å². The van der Waals surface area contributed by atoms with Gasteiger partial charge in [-0.15, -0.1) is 0 Å². The SMILES string of the molecule is COc1ccc([P-]C(=O)c2c(Cl)cccc2Cl)cc1.[Li+]. The van der Waals surface area contributed by atoms with E-state index in [4.69, 9.17) is 27.9 Å². The Balaban J connectivity index is 0.00000200. The third-order valence-electron chi connectivity index (χ3n) is 2.48. The average molecular weight is 319 g/mol. The molecule has 0 saturated heterocycles. The molecule has 0 spiro atoms. The van der Waals surface area contributed by atoms with Gasteiger partial charge in [0.05, 0.1) is 17.2 Å². The number of methoxy groups -OCH3 is 1. The van der Waals surface area contributed by atoms with E-state index in [-0.39, 0.29) is 24.4 Å². The normalized spacial score (nSPS) is 10.3. The third kappa shape index (κ3) is 4.25. The fourth-order valence-corrected chi connectivity index (χ4v) is 3.12. The van der Waals surface area contributed by atoms with Crippen LogP contribution in [0, 0.1) is 0 Å². The van der Waals surface area contributed by atoms with Gasteiger partial charge < -0.3 is 18.1 Å². The molecule has 2 rings (SSSR count). The summed E-state index contributed by atoms with van der Waals surface area (Å²) in [4.78, 5) is 12.2. The number of benzene rings is 2. The third-order valence-corrected chi connectivity index (χ3v) is 4.09. The van der Waals surface area contributed by atoms with Crippen LogP contribution >= 0.6 is 31.8 Å². The van der Waals surface area contributed by atoms with Gasteiger partial charge in [0.2, 0.25) is 0 Å². The molecule has 2 aromatic rings. The van der Waals surface area contributed by atoms with Crippen LogP contribution in [0.25, 0.3) is 0 Å². The molecule has 6 heteroatoms. The molecule has 0 atom stereocenters. The first-order chi connectivity index (χ1) is 9.11. The van der Waals surface area contributed by atoms with E-state index in [9.17, 15) is 4.79 Å². The van der Waals surface area contributed by atoms with E-state index in [1.165, 1.54) is 0 Å².